The van der Waals surface area contributed by atoms with Crippen molar-refractivity contribution in [2.75, 3.05) is 31.2 Å². The number of carbonyl (C=O) groups is 4. The van der Waals surface area contributed by atoms with Gasteiger partial charge in [0.2, 0.25) is 11.8 Å². The Kier molecular flexibility index (Phi) is 12.9. The van der Waals surface area contributed by atoms with Gasteiger partial charge in [0, 0.05) is 41.7 Å². The van der Waals surface area contributed by atoms with Gasteiger partial charge in [-0.1, -0.05) is 82.9 Å². The second kappa shape index (κ2) is 17.1. The Labute approximate surface area is 306 Å². The zero-order valence-electron chi connectivity index (χ0n) is 28.1. The Hall–Kier alpha value is -3.51. The molecule has 3 aliphatic rings. The number of ether oxygens (including phenoxy) is 2. The first-order valence-corrected chi connectivity index (χ1v) is 18.5. The molecule has 1 unspecified atom stereocenters. The van der Waals surface area contributed by atoms with Gasteiger partial charge in [-0.2, -0.15) is 0 Å². The molecule has 10 nitrogen and oxygen atoms in total. The summed E-state index contributed by atoms with van der Waals surface area (Å²) in [5, 5.41) is 12.9. The highest BCUT2D eigenvalue weighted by Gasteiger charge is 2.76. The van der Waals surface area contributed by atoms with Crippen molar-refractivity contribution >= 4 is 56.9 Å². The normalized spacial score (nSPS) is 25.5. The number of aliphatic hydroxyl groups excluding tert-OH is 1. The lowest BCUT2D eigenvalue weighted by atomic mass is 9.70. The molecule has 0 aromatic heterocycles. The van der Waals surface area contributed by atoms with Crippen LogP contribution in [0.2, 0.25) is 5.02 Å². The van der Waals surface area contributed by atoms with Crippen LogP contribution in [0.4, 0.5) is 5.69 Å². The number of nitrogens with zero attached hydrogens (tertiary/aromatic N) is 2. The molecule has 3 heterocycles. The summed E-state index contributed by atoms with van der Waals surface area (Å²) in [5.41, 5.74) is 0.0793. The SMILES string of the molecule is C=CCCC(=O)OC[C@@H](NC(=O)[C@H]1[C@@H]2O[C@@]3(CC2Br)[C@@H]1C(=O)N(CCCCCCO)[C@@H]3C(=O)N(CC=C)c1ccc(Cl)cc1)c1ccccc1. The third-order valence-electron chi connectivity index (χ3n) is 9.83. The monoisotopic (exact) mass is 769 g/mol. The van der Waals surface area contributed by atoms with Crippen molar-refractivity contribution in [2.45, 2.75) is 73.6 Å². The topological polar surface area (TPSA) is 125 Å². The summed E-state index contributed by atoms with van der Waals surface area (Å²) < 4.78 is 12.3. The summed E-state index contributed by atoms with van der Waals surface area (Å²) in [6.45, 7) is 7.99. The molecule has 0 saturated carbocycles. The fraction of sp³-hybridized carbons (Fsp3) is 0.474. The van der Waals surface area contributed by atoms with Gasteiger partial charge in [0.1, 0.15) is 18.2 Å². The number of hydrogen-bond acceptors (Lipinski definition) is 7. The summed E-state index contributed by atoms with van der Waals surface area (Å²) in [7, 11) is 0. The zero-order valence-corrected chi connectivity index (χ0v) is 30.4. The van der Waals surface area contributed by atoms with Crippen LogP contribution in [0.15, 0.2) is 79.9 Å². The van der Waals surface area contributed by atoms with E-state index in [1.165, 1.54) is 0 Å². The van der Waals surface area contributed by atoms with E-state index in [1.807, 2.05) is 30.3 Å². The fourth-order valence-electron chi connectivity index (χ4n) is 7.56. The van der Waals surface area contributed by atoms with Crippen molar-refractivity contribution in [1.82, 2.24) is 10.2 Å². The molecule has 268 valence electrons. The smallest absolute Gasteiger partial charge is 0.306 e. The average Bonchev–Trinajstić information content (AvgIpc) is 3.71. The molecule has 3 saturated heterocycles. The maximum atomic E-state index is 14.8. The Morgan fingerprint density at radius 2 is 1.82 bits per heavy atom. The molecule has 50 heavy (non-hydrogen) atoms. The minimum atomic E-state index is -1.26. The predicted molar refractivity (Wildman–Crippen MR) is 195 cm³/mol. The van der Waals surface area contributed by atoms with Crippen LogP contribution in [0.5, 0.6) is 0 Å². The maximum Gasteiger partial charge on any atom is 0.306 e. The van der Waals surface area contributed by atoms with Gasteiger partial charge in [-0.25, -0.2) is 0 Å². The van der Waals surface area contributed by atoms with Crippen molar-refractivity contribution in [3.05, 3.63) is 90.5 Å². The van der Waals surface area contributed by atoms with Crippen LogP contribution >= 0.6 is 27.5 Å². The number of hydrogen-bond donors (Lipinski definition) is 2. The van der Waals surface area contributed by atoms with E-state index >= 15 is 0 Å². The minimum Gasteiger partial charge on any atom is -0.463 e. The van der Waals surface area contributed by atoms with E-state index in [0.717, 1.165) is 18.4 Å². The van der Waals surface area contributed by atoms with E-state index in [0.29, 0.717) is 42.9 Å². The number of amides is 3. The van der Waals surface area contributed by atoms with Gasteiger partial charge in [0.25, 0.3) is 5.91 Å². The quantitative estimate of drug-likeness (QED) is 0.0885. The molecule has 2 aromatic carbocycles. The molecule has 5 rings (SSSR count). The van der Waals surface area contributed by atoms with Gasteiger partial charge in [-0.05, 0) is 55.5 Å². The van der Waals surface area contributed by atoms with Crippen LogP contribution in [0.25, 0.3) is 0 Å². The van der Waals surface area contributed by atoms with E-state index in [2.05, 4.69) is 34.4 Å². The van der Waals surface area contributed by atoms with Crippen LogP contribution in [-0.2, 0) is 28.7 Å². The molecule has 3 amide bonds. The largest absolute Gasteiger partial charge is 0.463 e. The first-order chi connectivity index (χ1) is 24.2. The number of esters is 1. The predicted octanol–water partition coefficient (Wildman–Crippen LogP) is 5.53. The van der Waals surface area contributed by atoms with E-state index in [9.17, 15) is 24.3 Å². The second-order valence-electron chi connectivity index (χ2n) is 13.0. The first kappa shape index (κ1) is 37.7. The Morgan fingerprint density at radius 1 is 1.10 bits per heavy atom. The van der Waals surface area contributed by atoms with Crippen LogP contribution in [-0.4, -0.2) is 82.6 Å². The summed E-state index contributed by atoms with van der Waals surface area (Å²) in [5.74, 6) is -3.25. The summed E-state index contributed by atoms with van der Waals surface area (Å²) >= 11 is 9.91. The van der Waals surface area contributed by atoms with E-state index < -0.39 is 47.5 Å². The van der Waals surface area contributed by atoms with Gasteiger partial charge in [0.15, 0.2) is 0 Å². The molecule has 3 aliphatic heterocycles. The van der Waals surface area contributed by atoms with Gasteiger partial charge in [0.05, 0.1) is 24.0 Å². The number of alkyl halides is 1. The number of fused-ring (bicyclic) bond motifs is 1. The van der Waals surface area contributed by atoms with Gasteiger partial charge >= 0.3 is 5.97 Å². The van der Waals surface area contributed by atoms with Gasteiger partial charge < -0.3 is 29.7 Å². The Morgan fingerprint density at radius 3 is 2.50 bits per heavy atom. The molecule has 2 aromatic rings. The molecule has 0 aliphatic carbocycles. The Bertz CT molecular complexity index is 1540. The van der Waals surface area contributed by atoms with Crippen LogP contribution in [0, 0.1) is 11.8 Å². The van der Waals surface area contributed by atoms with Crippen molar-refractivity contribution in [1.29, 1.82) is 0 Å². The number of likely N-dealkylation sites (tertiary alicyclic amines) is 1. The number of halogens is 2. The summed E-state index contributed by atoms with van der Waals surface area (Å²) in [6.07, 6.45) is 6.42. The number of aliphatic hydroxyl groups is 1. The molecular formula is C38H45BrClN3O7. The minimum absolute atomic E-state index is 0.0865. The highest BCUT2D eigenvalue weighted by molar-refractivity contribution is 9.09. The maximum absolute atomic E-state index is 14.8. The molecule has 0 radical (unpaired) electrons. The molecule has 2 N–H and O–H groups in total. The van der Waals surface area contributed by atoms with Crippen molar-refractivity contribution < 1.29 is 33.8 Å². The molecule has 2 bridgehead atoms. The number of unbranched alkanes of at least 4 members (excludes halogenated alkanes) is 3. The van der Waals surface area contributed by atoms with E-state index in [-0.39, 0.29) is 42.8 Å². The highest BCUT2D eigenvalue weighted by atomic mass is 79.9. The molecular weight excluding hydrogens is 726 g/mol. The molecule has 12 heteroatoms. The summed E-state index contributed by atoms with van der Waals surface area (Å²) in [4.78, 5) is 59.0. The summed E-state index contributed by atoms with van der Waals surface area (Å²) in [6, 6.07) is 14.4. The van der Waals surface area contributed by atoms with Gasteiger partial charge in [-0.15, -0.1) is 13.2 Å². The molecule has 1 spiro atoms. The third-order valence-corrected chi connectivity index (χ3v) is 10.9. The highest BCUT2D eigenvalue weighted by Crippen LogP contribution is 2.60. The molecule has 7 atom stereocenters. The number of anilines is 1. The average molecular weight is 771 g/mol. The molecule has 3 fully saturated rings. The number of rotatable bonds is 18. The lowest BCUT2D eigenvalue weighted by Gasteiger charge is -2.37. The van der Waals surface area contributed by atoms with Gasteiger partial charge in [-0.3, -0.25) is 19.2 Å². The second-order valence-corrected chi connectivity index (χ2v) is 14.6. The fourth-order valence-corrected chi connectivity index (χ4v) is 8.63. The number of carbonyl (C=O) groups excluding carboxylic acids is 4. The van der Waals surface area contributed by atoms with E-state index in [1.54, 1.807) is 46.2 Å². The number of allylic oxidation sites excluding steroid dienone is 1. The van der Waals surface area contributed by atoms with Crippen molar-refractivity contribution in [3.63, 3.8) is 0 Å². The zero-order chi connectivity index (χ0) is 35.8. The third kappa shape index (κ3) is 7.86. The number of benzene rings is 2. The first-order valence-electron chi connectivity index (χ1n) is 17.2. The standard InChI is InChI=1S/C38H45BrClN3O7/c1-3-5-15-30(45)49-24-29(25-13-9-8-10-14-25)41-35(46)31-32-36(47)43(21-11-6-7-12-22-44)34(38(32)23-28(39)33(31)50-38)37(48)42(20-4-2)27-18-16-26(40)17-19-27/h3-4,8-10,13-14,16-19,28-29,31-34,44H,1-2,5-7,11-12,15,20-24H2,(H,41,46)/t28?,29-,31-,32+,33-,34-,38+/m1/s1. The van der Waals surface area contributed by atoms with Crippen molar-refractivity contribution in [3.8, 4) is 0 Å². The van der Waals surface area contributed by atoms with Crippen molar-refractivity contribution in [2.24, 2.45) is 11.8 Å². The van der Waals surface area contributed by atoms with Crippen LogP contribution < -0.4 is 10.2 Å². The van der Waals surface area contributed by atoms with Crippen LogP contribution in [0.3, 0.4) is 0 Å². The lowest BCUT2D eigenvalue weighted by molar-refractivity contribution is -0.145. The lowest BCUT2D eigenvalue weighted by Crippen LogP contribution is -2.57. The van der Waals surface area contributed by atoms with Crippen LogP contribution in [0.1, 0.15) is 56.6 Å². The number of nitrogens with one attached hydrogen (secondary N) is 1. The van der Waals surface area contributed by atoms with E-state index in [4.69, 9.17) is 21.1 Å². The Balaban J connectivity index is 1.47.